The highest BCUT2D eigenvalue weighted by molar-refractivity contribution is 7.98. The third-order valence-corrected chi connectivity index (χ3v) is 5.49. The SMILES string of the molecule is CC(/C=N\NC(=O)c1nnn(-c2nonc2N)c1CSc1ccc(Cl)cc1)=C\c1ccco1. The fraction of sp³-hybridized carbons (Fsp3) is 0.100. The molecule has 3 N–H and O–H groups in total. The molecule has 0 radical (unpaired) electrons. The van der Waals surface area contributed by atoms with E-state index in [1.54, 1.807) is 30.5 Å². The van der Waals surface area contributed by atoms with Crippen LogP contribution in [-0.4, -0.2) is 37.4 Å². The number of hydrazone groups is 1. The number of aromatic nitrogens is 5. The van der Waals surface area contributed by atoms with E-state index >= 15 is 0 Å². The molecule has 0 saturated carbocycles. The molecule has 3 aromatic heterocycles. The summed E-state index contributed by atoms with van der Waals surface area (Å²) in [7, 11) is 0. The molecule has 0 fully saturated rings. The molecule has 0 unspecified atom stereocenters. The summed E-state index contributed by atoms with van der Waals surface area (Å²) in [6, 6.07) is 10.9. The number of nitrogens with two attached hydrogens (primary N) is 1. The lowest BCUT2D eigenvalue weighted by molar-refractivity contribution is 0.0949. The lowest BCUT2D eigenvalue weighted by Gasteiger charge is -2.06. The number of hydrogen-bond donors (Lipinski definition) is 2. The molecule has 1 amide bonds. The molecular formula is C20H17ClN8O3S. The Morgan fingerprint density at radius 2 is 2.12 bits per heavy atom. The van der Waals surface area contributed by atoms with Crippen LogP contribution in [0.25, 0.3) is 11.9 Å². The summed E-state index contributed by atoms with van der Waals surface area (Å²) >= 11 is 7.40. The minimum Gasteiger partial charge on any atom is -0.465 e. The van der Waals surface area contributed by atoms with Gasteiger partial charge in [-0.3, -0.25) is 4.79 Å². The van der Waals surface area contributed by atoms with E-state index in [1.807, 2.05) is 25.1 Å². The van der Waals surface area contributed by atoms with Crippen molar-refractivity contribution in [2.45, 2.75) is 17.6 Å². The number of nitrogen functional groups attached to an aromatic ring is 1. The van der Waals surface area contributed by atoms with Gasteiger partial charge < -0.3 is 10.2 Å². The topological polar surface area (TPSA) is 150 Å². The molecule has 0 spiro atoms. The quantitative estimate of drug-likeness (QED) is 0.217. The van der Waals surface area contributed by atoms with Gasteiger partial charge in [0.1, 0.15) is 5.76 Å². The number of anilines is 1. The van der Waals surface area contributed by atoms with E-state index in [-0.39, 0.29) is 17.3 Å². The average Bonchev–Trinajstić information content (AvgIpc) is 3.54. The summed E-state index contributed by atoms with van der Waals surface area (Å²) < 4.78 is 11.2. The molecule has 0 aliphatic carbocycles. The van der Waals surface area contributed by atoms with Crippen molar-refractivity contribution < 1.29 is 13.8 Å². The normalized spacial score (nSPS) is 11.9. The Morgan fingerprint density at radius 3 is 2.82 bits per heavy atom. The van der Waals surface area contributed by atoms with Crippen LogP contribution in [0.1, 0.15) is 28.9 Å². The zero-order valence-electron chi connectivity index (χ0n) is 17.2. The number of benzene rings is 1. The van der Waals surface area contributed by atoms with E-state index in [2.05, 4.69) is 35.8 Å². The summed E-state index contributed by atoms with van der Waals surface area (Å²) in [6.07, 6.45) is 4.84. The number of carbonyl (C=O) groups excluding carboxylic acids is 1. The summed E-state index contributed by atoms with van der Waals surface area (Å²) in [5.74, 6) is 0.596. The van der Waals surface area contributed by atoms with Gasteiger partial charge in [-0.1, -0.05) is 16.8 Å². The Morgan fingerprint density at radius 1 is 1.30 bits per heavy atom. The number of nitrogens with one attached hydrogen (secondary N) is 1. The van der Waals surface area contributed by atoms with Gasteiger partial charge in [-0.15, -0.1) is 16.9 Å². The van der Waals surface area contributed by atoms with E-state index < -0.39 is 5.91 Å². The molecule has 3 heterocycles. The third kappa shape index (κ3) is 5.48. The molecular weight excluding hydrogens is 468 g/mol. The summed E-state index contributed by atoms with van der Waals surface area (Å²) in [5, 5.41) is 19.9. The van der Waals surface area contributed by atoms with E-state index in [1.165, 1.54) is 22.7 Å². The highest BCUT2D eigenvalue weighted by Crippen LogP contribution is 2.27. The number of thioether (sulfide) groups is 1. The minimum atomic E-state index is -0.551. The fourth-order valence-electron chi connectivity index (χ4n) is 2.68. The van der Waals surface area contributed by atoms with Crippen LogP contribution in [-0.2, 0) is 5.75 Å². The molecule has 4 aromatic rings. The number of carbonyl (C=O) groups is 1. The molecule has 4 rings (SSSR count). The van der Waals surface area contributed by atoms with Crippen molar-refractivity contribution in [3.63, 3.8) is 0 Å². The zero-order chi connectivity index (χ0) is 23.2. The van der Waals surface area contributed by atoms with Crippen LogP contribution in [0.15, 0.2) is 67.3 Å². The molecule has 33 heavy (non-hydrogen) atoms. The Hall–Kier alpha value is -3.90. The Balaban J connectivity index is 1.54. The lowest BCUT2D eigenvalue weighted by Crippen LogP contribution is -2.20. The highest BCUT2D eigenvalue weighted by Gasteiger charge is 2.24. The Bertz CT molecular complexity index is 1300. The summed E-state index contributed by atoms with van der Waals surface area (Å²) in [5.41, 5.74) is 9.53. The molecule has 0 atom stereocenters. The number of halogens is 1. The predicted molar refractivity (Wildman–Crippen MR) is 123 cm³/mol. The van der Waals surface area contributed by atoms with Crippen molar-refractivity contribution in [3.8, 4) is 5.82 Å². The molecule has 11 nitrogen and oxygen atoms in total. The van der Waals surface area contributed by atoms with Crippen LogP contribution in [0.5, 0.6) is 0 Å². The maximum Gasteiger partial charge on any atom is 0.293 e. The van der Waals surface area contributed by atoms with Crippen LogP contribution in [0, 0.1) is 0 Å². The van der Waals surface area contributed by atoms with Crippen molar-refractivity contribution in [2.24, 2.45) is 5.10 Å². The lowest BCUT2D eigenvalue weighted by atomic mass is 10.3. The second kappa shape index (κ2) is 10.1. The fourth-order valence-corrected chi connectivity index (χ4v) is 3.70. The van der Waals surface area contributed by atoms with Crippen LogP contribution in [0.2, 0.25) is 5.02 Å². The van der Waals surface area contributed by atoms with Gasteiger partial charge in [-0.05, 0) is 65.3 Å². The van der Waals surface area contributed by atoms with Gasteiger partial charge in [0.15, 0.2) is 5.69 Å². The van der Waals surface area contributed by atoms with Crippen LogP contribution in [0.4, 0.5) is 5.82 Å². The Labute approximate surface area is 196 Å². The van der Waals surface area contributed by atoms with Gasteiger partial charge in [0.2, 0.25) is 11.6 Å². The molecule has 0 aliphatic rings. The monoisotopic (exact) mass is 484 g/mol. The third-order valence-electron chi connectivity index (χ3n) is 4.21. The van der Waals surface area contributed by atoms with Crippen molar-refractivity contribution >= 4 is 47.4 Å². The van der Waals surface area contributed by atoms with Crippen LogP contribution in [0.3, 0.4) is 0 Å². The smallest absolute Gasteiger partial charge is 0.293 e. The first kappa shape index (κ1) is 22.3. The van der Waals surface area contributed by atoms with Crippen molar-refractivity contribution in [1.29, 1.82) is 0 Å². The standard InChI is InChI=1S/C20H17ClN8O3S/c1-12(9-14-3-2-8-31-14)10-23-25-20(30)17-16(11-33-15-6-4-13(21)5-7-15)29(28-24-17)19-18(22)26-32-27-19/h2-10H,11H2,1H3,(H2,22,26)(H,25,30)/b12-9+,23-10-. The van der Waals surface area contributed by atoms with Crippen molar-refractivity contribution in [2.75, 3.05) is 5.73 Å². The van der Waals surface area contributed by atoms with E-state index in [0.29, 0.717) is 22.2 Å². The molecule has 0 aliphatic heterocycles. The van der Waals surface area contributed by atoms with Gasteiger partial charge in [0.05, 0.1) is 18.2 Å². The predicted octanol–water partition coefficient (Wildman–Crippen LogP) is 3.59. The molecule has 0 bridgehead atoms. The van der Waals surface area contributed by atoms with Gasteiger partial charge in [-0.25, -0.2) is 10.1 Å². The molecule has 0 saturated heterocycles. The highest BCUT2D eigenvalue weighted by atomic mass is 35.5. The molecule has 1 aromatic carbocycles. The summed E-state index contributed by atoms with van der Waals surface area (Å²) in [6.45, 7) is 1.82. The number of rotatable bonds is 8. The first-order valence-electron chi connectivity index (χ1n) is 9.48. The Kier molecular flexibility index (Phi) is 6.86. The zero-order valence-corrected chi connectivity index (χ0v) is 18.7. The first-order chi connectivity index (χ1) is 16.0. The molecule has 13 heteroatoms. The van der Waals surface area contributed by atoms with Crippen LogP contribution < -0.4 is 11.2 Å². The number of amides is 1. The van der Waals surface area contributed by atoms with E-state index in [9.17, 15) is 4.79 Å². The van der Waals surface area contributed by atoms with Gasteiger partial charge in [0.25, 0.3) is 5.91 Å². The van der Waals surface area contributed by atoms with Crippen molar-refractivity contribution in [3.05, 3.63) is 70.4 Å². The number of allylic oxidation sites excluding steroid dienone is 1. The number of furan rings is 1. The largest absolute Gasteiger partial charge is 0.465 e. The van der Waals surface area contributed by atoms with Crippen molar-refractivity contribution in [1.82, 2.24) is 30.7 Å². The minimum absolute atomic E-state index is 0.0151. The number of hydrogen-bond acceptors (Lipinski definition) is 10. The van der Waals surface area contributed by atoms with Crippen LogP contribution >= 0.6 is 23.4 Å². The molecule has 168 valence electrons. The van der Waals surface area contributed by atoms with Gasteiger partial charge >= 0.3 is 0 Å². The number of nitrogens with zero attached hydrogens (tertiary/aromatic N) is 6. The van der Waals surface area contributed by atoms with Gasteiger partial charge in [0, 0.05) is 15.7 Å². The maximum absolute atomic E-state index is 12.8. The second-order valence-corrected chi connectivity index (χ2v) is 8.10. The van der Waals surface area contributed by atoms with E-state index in [0.717, 1.165) is 10.5 Å². The second-order valence-electron chi connectivity index (χ2n) is 6.62. The summed E-state index contributed by atoms with van der Waals surface area (Å²) in [4.78, 5) is 13.7. The van der Waals surface area contributed by atoms with Gasteiger partial charge in [-0.2, -0.15) is 9.78 Å². The van der Waals surface area contributed by atoms with E-state index in [4.69, 9.17) is 21.8 Å². The first-order valence-corrected chi connectivity index (χ1v) is 10.8. The average molecular weight is 485 g/mol. The maximum atomic E-state index is 12.8.